The van der Waals surface area contributed by atoms with E-state index < -0.39 is 0 Å². The highest BCUT2D eigenvalue weighted by atomic mass is 35.5. The summed E-state index contributed by atoms with van der Waals surface area (Å²) >= 11 is 0. The summed E-state index contributed by atoms with van der Waals surface area (Å²) in [5, 5.41) is 12.0. The van der Waals surface area contributed by atoms with Crippen LogP contribution >= 0.6 is 24.8 Å². The molecule has 0 bridgehead atoms. The number of carbonyl (C=O) groups excluding carboxylic acids is 2. The van der Waals surface area contributed by atoms with E-state index in [9.17, 15) is 14.7 Å². The highest BCUT2D eigenvalue weighted by molar-refractivity contribution is 5.86. The van der Waals surface area contributed by atoms with Gasteiger partial charge in [0.1, 0.15) is 0 Å². The lowest BCUT2D eigenvalue weighted by Gasteiger charge is -2.41. The number of amides is 2. The second kappa shape index (κ2) is 11.9. The molecule has 0 aromatic heterocycles. The Morgan fingerprint density at radius 1 is 1.36 bits per heavy atom. The van der Waals surface area contributed by atoms with E-state index in [-0.39, 0.29) is 61.9 Å². The Balaban J connectivity index is 0. The summed E-state index contributed by atoms with van der Waals surface area (Å²) in [5.41, 5.74) is 5.18. The highest BCUT2D eigenvalue weighted by Crippen LogP contribution is 2.13. The van der Waals surface area contributed by atoms with Crippen LogP contribution in [0.2, 0.25) is 0 Å². The molecule has 2 unspecified atom stereocenters. The van der Waals surface area contributed by atoms with Gasteiger partial charge in [0.2, 0.25) is 11.8 Å². The molecule has 1 aliphatic heterocycles. The second-order valence-corrected chi connectivity index (χ2v) is 5.23. The molecule has 0 radical (unpaired) electrons. The first kappa shape index (κ1) is 23.7. The van der Waals surface area contributed by atoms with Crippen LogP contribution in [0.25, 0.3) is 0 Å². The van der Waals surface area contributed by atoms with Crippen molar-refractivity contribution in [1.29, 1.82) is 0 Å². The average molecular weight is 359 g/mol. The second-order valence-electron chi connectivity index (χ2n) is 5.23. The third kappa shape index (κ3) is 7.60. The van der Waals surface area contributed by atoms with E-state index in [0.29, 0.717) is 19.6 Å². The molecular weight excluding hydrogens is 331 g/mol. The van der Waals surface area contributed by atoms with Crippen LogP contribution < -0.4 is 11.1 Å². The van der Waals surface area contributed by atoms with Crippen molar-refractivity contribution in [3.63, 3.8) is 0 Å². The van der Waals surface area contributed by atoms with E-state index >= 15 is 0 Å². The fraction of sp³-hybridized carbons (Fsp3) is 0.846. The van der Waals surface area contributed by atoms with Crippen molar-refractivity contribution in [2.75, 3.05) is 39.3 Å². The van der Waals surface area contributed by atoms with Crippen molar-refractivity contribution in [1.82, 2.24) is 15.1 Å². The van der Waals surface area contributed by atoms with Crippen molar-refractivity contribution in [2.24, 2.45) is 5.73 Å². The molecule has 0 aromatic rings. The predicted molar refractivity (Wildman–Crippen MR) is 90.5 cm³/mol. The Hall–Kier alpha value is -0.600. The molecule has 9 heteroatoms. The molecule has 1 rings (SSSR count). The summed E-state index contributed by atoms with van der Waals surface area (Å²) in [6.45, 7) is 6.39. The quantitative estimate of drug-likeness (QED) is 0.577. The van der Waals surface area contributed by atoms with E-state index in [1.807, 2.05) is 0 Å². The first-order valence-electron chi connectivity index (χ1n) is 7.14. The summed E-state index contributed by atoms with van der Waals surface area (Å²) in [6, 6.07) is 0.257. The minimum atomic E-state index is -0.366. The molecule has 1 fully saturated rings. The first-order valence-corrected chi connectivity index (χ1v) is 7.14. The van der Waals surface area contributed by atoms with Gasteiger partial charge >= 0.3 is 0 Å². The molecule has 22 heavy (non-hydrogen) atoms. The topological polar surface area (TPSA) is 98.9 Å². The van der Waals surface area contributed by atoms with Crippen LogP contribution in [0.5, 0.6) is 0 Å². The number of nitrogens with one attached hydrogen (secondary N) is 1. The molecule has 132 valence electrons. The van der Waals surface area contributed by atoms with Crippen LogP contribution in [0.15, 0.2) is 0 Å². The number of nitrogens with two attached hydrogens (primary N) is 1. The van der Waals surface area contributed by atoms with Crippen LogP contribution in [-0.2, 0) is 9.59 Å². The number of hydrogen-bond donors (Lipinski definition) is 3. The molecule has 2 amide bonds. The van der Waals surface area contributed by atoms with Crippen molar-refractivity contribution >= 4 is 36.6 Å². The van der Waals surface area contributed by atoms with Crippen LogP contribution in [-0.4, -0.2) is 78.1 Å². The van der Waals surface area contributed by atoms with Gasteiger partial charge < -0.3 is 21.1 Å². The van der Waals surface area contributed by atoms with Crippen LogP contribution in [0, 0.1) is 0 Å². The molecule has 0 saturated carbocycles. The smallest absolute Gasteiger partial charge is 0.242 e. The van der Waals surface area contributed by atoms with Crippen LogP contribution in [0.1, 0.15) is 20.3 Å². The van der Waals surface area contributed by atoms with Gasteiger partial charge in [0, 0.05) is 32.2 Å². The van der Waals surface area contributed by atoms with Gasteiger partial charge in [-0.25, -0.2) is 0 Å². The van der Waals surface area contributed by atoms with Crippen LogP contribution in [0.3, 0.4) is 0 Å². The largest absolute Gasteiger partial charge is 0.392 e. The minimum absolute atomic E-state index is 0. The number of β-amino-alcohol motifs (C(OH)–C–C–N with tert-alkyl or cyclic N) is 1. The van der Waals surface area contributed by atoms with Gasteiger partial charge in [0.15, 0.2) is 0 Å². The summed E-state index contributed by atoms with van der Waals surface area (Å²) in [7, 11) is 0. The lowest BCUT2D eigenvalue weighted by molar-refractivity contribution is -0.135. The molecule has 7 nitrogen and oxygen atoms in total. The fourth-order valence-corrected chi connectivity index (χ4v) is 2.44. The number of halogens is 2. The van der Waals surface area contributed by atoms with E-state index in [4.69, 9.17) is 5.73 Å². The van der Waals surface area contributed by atoms with Crippen molar-refractivity contribution < 1.29 is 14.7 Å². The highest BCUT2D eigenvalue weighted by Gasteiger charge is 2.28. The molecule has 1 saturated heterocycles. The van der Waals surface area contributed by atoms with Gasteiger partial charge in [-0.3, -0.25) is 14.5 Å². The molecule has 1 heterocycles. The van der Waals surface area contributed by atoms with Crippen molar-refractivity contribution in [2.45, 2.75) is 32.4 Å². The van der Waals surface area contributed by atoms with Gasteiger partial charge in [0.25, 0.3) is 0 Å². The standard InChI is InChI=1S/C13H26N4O3.2ClH/c1-3-11-9-17(5-4-16(11)8-10(2)18)13(20)7-15-12(19)6-14;;/h10-11,18H,3-9,14H2,1-2H3,(H,15,19);2*1H. The Labute approximate surface area is 144 Å². The Morgan fingerprint density at radius 3 is 2.50 bits per heavy atom. The molecule has 0 spiro atoms. The summed E-state index contributed by atoms with van der Waals surface area (Å²) in [6.07, 6.45) is 0.557. The third-order valence-corrected chi connectivity index (χ3v) is 3.55. The van der Waals surface area contributed by atoms with E-state index in [2.05, 4.69) is 17.1 Å². The summed E-state index contributed by atoms with van der Waals surface area (Å²) in [5.74, 6) is -0.403. The molecule has 0 aromatic carbocycles. The maximum absolute atomic E-state index is 12.0. The number of hydrogen-bond acceptors (Lipinski definition) is 5. The number of piperazine rings is 1. The Kier molecular flexibility index (Phi) is 12.8. The molecule has 2 atom stereocenters. The molecule has 1 aliphatic rings. The number of aliphatic hydroxyl groups excluding tert-OH is 1. The number of nitrogens with zero attached hydrogens (tertiary/aromatic N) is 2. The normalized spacial score (nSPS) is 19.6. The SMILES string of the molecule is CCC1CN(C(=O)CNC(=O)CN)CCN1CC(C)O.Cl.Cl. The fourth-order valence-electron chi connectivity index (χ4n) is 2.44. The molecule has 0 aliphatic carbocycles. The maximum Gasteiger partial charge on any atom is 0.242 e. The number of rotatable bonds is 6. The molecule has 4 N–H and O–H groups in total. The zero-order valence-electron chi connectivity index (χ0n) is 13.2. The monoisotopic (exact) mass is 358 g/mol. The summed E-state index contributed by atoms with van der Waals surface area (Å²) in [4.78, 5) is 27.0. The van der Waals surface area contributed by atoms with Crippen LogP contribution in [0.4, 0.5) is 0 Å². The van der Waals surface area contributed by atoms with Gasteiger partial charge in [-0.2, -0.15) is 0 Å². The lowest BCUT2D eigenvalue weighted by Crippen LogP contribution is -2.57. The van der Waals surface area contributed by atoms with Gasteiger partial charge in [0.05, 0.1) is 19.2 Å². The lowest BCUT2D eigenvalue weighted by atomic mass is 10.1. The molecular formula is C13H28Cl2N4O3. The first-order chi connectivity index (χ1) is 9.47. The number of carbonyl (C=O) groups is 2. The third-order valence-electron chi connectivity index (χ3n) is 3.55. The van der Waals surface area contributed by atoms with Gasteiger partial charge in [-0.1, -0.05) is 6.92 Å². The van der Waals surface area contributed by atoms with E-state index in [0.717, 1.165) is 13.0 Å². The summed E-state index contributed by atoms with van der Waals surface area (Å²) < 4.78 is 0. The maximum atomic E-state index is 12.0. The van der Waals surface area contributed by atoms with Gasteiger partial charge in [-0.05, 0) is 13.3 Å². The van der Waals surface area contributed by atoms with Crippen molar-refractivity contribution in [3.05, 3.63) is 0 Å². The Morgan fingerprint density at radius 2 is 2.00 bits per heavy atom. The van der Waals surface area contributed by atoms with Gasteiger partial charge in [-0.15, -0.1) is 24.8 Å². The predicted octanol–water partition coefficient (Wildman–Crippen LogP) is -0.791. The van der Waals surface area contributed by atoms with E-state index in [1.54, 1.807) is 11.8 Å². The average Bonchev–Trinajstić information content (AvgIpc) is 2.44. The van der Waals surface area contributed by atoms with Crippen molar-refractivity contribution in [3.8, 4) is 0 Å². The Bertz CT molecular complexity index is 345. The minimum Gasteiger partial charge on any atom is -0.392 e. The number of aliphatic hydroxyl groups is 1. The zero-order chi connectivity index (χ0) is 15.1. The zero-order valence-corrected chi connectivity index (χ0v) is 14.8. The van der Waals surface area contributed by atoms with E-state index in [1.165, 1.54) is 0 Å².